The summed E-state index contributed by atoms with van der Waals surface area (Å²) in [6, 6.07) is 9.07. The number of anilines is 1. The molecule has 0 fully saturated rings. The molecule has 1 nitrogen and oxygen atoms in total. The van der Waals surface area contributed by atoms with Crippen LogP contribution in [-0.2, 0) is 6.54 Å². The van der Waals surface area contributed by atoms with Gasteiger partial charge in [0.25, 0.3) is 5.76 Å². The van der Waals surface area contributed by atoms with E-state index in [0.717, 1.165) is 16.0 Å². The minimum Gasteiger partial charge on any atom is -0.381 e. The van der Waals surface area contributed by atoms with Gasteiger partial charge in [0.15, 0.2) is 0 Å². The molecule has 2 aromatic rings. The Morgan fingerprint density at radius 2 is 2.00 bits per heavy atom. The first-order valence-corrected chi connectivity index (χ1v) is 7.70. The summed E-state index contributed by atoms with van der Waals surface area (Å²) in [5.74, 6) is -2.37. The Bertz CT molecular complexity index is 499. The van der Waals surface area contributed by atoms with Crippen molar-refractivity contribution in [1.82, 2.24) is 0 Å². The van der Waals surface area contributed by atoms with E-state index >= 15 is 0 Å². The third-order valence-electron chi connectivity index (χ3n) is 2.20. The molecule has 2 rings (SSSR count). The average Bonchev–Trinajstić information content (AvgIpc) is 2.74. The maximum absolute atomic E-state index is 12.1. The Morgan fingerprint density at radius 3 is 2.56 bits per heavy atom. The smallest absolute Gasteiger partial charge is 0.288 e. The Morgan fingerprint density at radius 1 is 1.28 bits per heavy atom. The summed E-state index contributed by atoms with van der Waals surface area (Å²) in [4.78, 5) is 0.578. The molecular weight excluding hydrogens is 340 g/mol. The molecule has 1 N–H and O–H groups in total. The molecule has 0 aliphatic carbocycles. The van der Waals surface area contributed by atoms with Crippen molar-refractivity contribution >= 4 is 44.7 Å². The van der Waals surface area contributed by atoms with Crippen LogP contribution in [0.25, 0.3) is 0 Å². The summed E-state index contributed by atoms with van der Waals surface area (Å²) in [6.45, 7) is 0.726. The molecule has 0 bridgehead atoms. The fraction of sp³-hybridized carbons (Fsp3) is 0.167. The second kappa shape index (κ2) is 6.54. The van der Waals surface area contributed by atoms with Gasteiger partial charge in [-0.15, -0.1) is 11.3 Å². The van der Waals surface area contributed by atoms with Crippen molar-refractivity contribution in [2.45, 2.75) is 17.2 Å². The number of thiophene rings is 1. The minimum atomic E-state index is -2.37. The monoisotopic (exact) mass is 349 g/mol. The quantitative estimate of drug-likeness (QED) is 0.721. The van der Waals surface area contributed by atoms with Crippen molar-refractivity contribution in [2.75, 3.05) is 5.32 Å². The maximum Gasteiger partial charge on any atom is 0.288 e. The summed E-state index contributed by atoms with van der Waals surface area (Å²) >= 11 is 5.61. The molecular formula is C12H10BrF2NS2. The molecule has 0 saturated heterocycles. The average molecular weight is 350 g/mol. The maximum atomic E-state index is 12.1. The molecule has 0 amide bonds. The normalized spacial score (nSPS) is 10.9. The lowest BCUT2D eigenvalue weighted by atomic mass is 10.3. The Balaban J connectivity index is 1.90. The van der Waals surface area contributed by atoms with Crippen LogP contribution in [0.5, 0.6) is 0 Å². The van der Waals surface area contributed by atoms with Gasteiger partial charge in [-0.1, -0.05) is 11.8 Å². The molecule has 0 unspecified atom stereocenters. The lowest BCUT2D eigenvalue weighted by Gasteiger charge is -2.06. The van der Waals surface area contributed by atoms with Gasteiger partial charge < -0.3 is 5.32 Å². The van der Waals surface area contributed by atoms with Crippen molar-refractivity contribution in [1.29, 1.82) is 0 Å². The van der Waals surface area contributed by atoms with Crippen molar-refractivity contribution < 1.29 is 8.78 Å². The van der Waals surface area contributed by atoms with E-state index in [-0.39, 0.29) is 0 Å². The lowest BCUT2D eigenvalue weighted by Crippen LogP contribution is -1.97. The summed E-state index contributed by atoms with van der Waals surface area (Å²) in [5, 5.41) is 5.31. The Hall–Kier alpha value is -0.590. The van der Waals surface area contributed by atoms with E-state index in [1.807, 2.05) is 12.1 Å². The summed E-state index contributed by atoms with van der Waals surface area (Å²) in [6.07, 6.45) is 0. The van der Waals surface area contributed by atoms with Crippen molar-refractivity contribution in [3.8, 4) is 0 Å². The number of nitrogens with one attached hydrogen (secondary N) is 1. The fourth-order valence-corrected chi connectivity index (χ4v) is 3.10. The minimum absolute atomic E-state index is 0.559. The van der Waals surface area contributed by atoms with Gasteiger partial charge in [0.2, 0.25) is 0 Å². The number of thioether (sulfide) groups is 1. The van der Waals surface area contributed by atoms with Crippen LogP contribution in [0.2, 0.25) is 0 Å². The summed E-state index contributed by atoms with van der Waals surface area (Å²) in [7, 11) is 0. The number of hydrogen-bond donors (Lipinski definition) is 1. The van der Waals surface area contributed by atoms with E-state index in [2.05, 4.69) is 32.7 Å². The molecule has 96 valence electrons. The predicted molar refractivity (Wildman–Crippen MR) is 77.6 cm³/mol. The SMILES string of the molecule is FC(F)Sc1ccc(NCc2csc(Br)c2)cc1. The van der Waals surface area contributed by atoms with Crippen LogP contribution in [0, 0.1) is 0 Å². The van der Waals surface area contributed by atoms with Crippen LogP contribution in [0.3, 0.4) is 0 Å². The first-order valence-electron chi connectivity index (χ1n) is 5.15. The van der Waals surface area contributed by atoms with Crippen molar-refractivity contribution in [3.63, 3.8) is 0 Å². The third-order valence-corrected chi connectivity index (χ3v) is 4.47. The first-order chi connectivity index (χ1) is 8.63. The zero-order chi connectivity index (χ0) is 13.0. The van der Waals surface area contributed by atoms with E-state index < -0.39 is 5.76 Å². The second-order valence-electron chi connectivity index (χ2n) is 3.52. The largest absolute Gasteiger partial charge is 0.381 e. The Kier molecular flexibility index (Phi) is 5.03. The van der Waals surface area contributed by atoms with Gasteiger partial charge in [0, 0.05) is 17.1 Å². The number of hydrogen-bond acceptors (Lipinski definition) is 3. The van der Waals surface area contributed by atoms with Gasteiger partial charge in [-0.25, -0.2) is 0 Å². The van der Waals surface area contributed by atoms with Crippen LogP contribution in [0.4, 0.5) is 14.5 Å². The zero-order valence-corrected chi connectivity index (χ0v) is 12.4. The molecule has 1 aromatic heterocycles. The number of alkyl halides is 2. The Labute approximate surface area is 121 Å². The van der Waals surface area contributed by atoms with Gasteiger partial charge >= 0.3 is 0 Å². The van der Waals surface area contributed by atoms with Crippen molar-refractivity contribution in [2.24, 2.45) is 0 Å². The second-order valence-corrected chi connectivity index (χ2v) is 6.87. The molecule has 1 aromatic carbocycles. The topological polar surface area (TPSA) is 12.0 Å². The zero-order valence-electron chi connectivity index (χ0n) is 9.20. The van der Waals surface area contributed by atoms with Crippen LogP contribution in [-0.4, -0.2) is 5.76 Å². The van der Waals surface area contributed by atoms with Gasteiger partial charge in [-0.3, -0.25) is 0 Å². The molecule has 0 aliphatic heterocycles. The van der Waals surface area contributed by atoms with E-state index in [0.29, 0.717) is 16.7 Å². The molecule has 18 heavy (non-hydrogen) atoms. The first kappa shape index (κ1) is 13.8. The molecule has 0 atom stereocenters. The van der Waals surface area contributed by atoms with Gasteiger partial charge in [-0.2, -0.15) is 8.78 Å². The number of benzene rings is 1. The highest BCUT2D eigenvalue weighted by Crippen LogP contribution is 2.26. The van der Waals surface area contributed by atoms with E-state index in [1.54, 1.807) is 23.5 Å². The van der Waals surface area contributed by atoms with E-state index in [1.165, 1.54) is 5.56 Å². The summed E-state index contributed by atoms with van der Waals surface area (Å²) < 4.78 is 25.4. The van der Waals surface area contributed by atoms with Crippen molar-refractivity contribution in [3.05, 3.63) is 45.1 Å². The molecule has 0 aliphatic rings. The third kappa shape index (κ3) is 4.26. The molecule has 6 heteroatoms. The lowest BCUT2D eigenvalue weighted by molar-refractivity contribution is 0.252. The molecule has 0 radical (unpaired) electrons. The fourth-order valence-electron chi connectivity index (χ4n) is 1.40. The van der Waals surface area contributed by atoms with Crippen LogP contribution in [0.1, 0.15) is 5.56 Å². The van der Waals surface area contributed by atoms with Crippen LogP contribution in [0.15, 0.2) is 44.4 Å². The highest BCUT2D eigenvalue weighted by molar-refractivity contribution is 9.11. The van der Waals surface area contributed by atoms with E-state index in [4.69, 9.17) is 0 Å². The van der Waals surface area contributed by atoms with Gasteiger partial charge in [0.05, 0.1) is 3.79 Å². The molecule has 0 spiro atoms. The number of rotatable bonds is 5. The highest BCUT2D eigenvalue weighted by atomic mass is 79.9. The van der Waals surface area contributed by atoms with Crippen LogP contribution < -0.4 is 5.32 Å². The highest BCUT2D eigenvalue weighted by Gasteiger charge is 2.04. The van der Waals surface area contributed by atoms with Gasteiger partial charge in [0.1, 0.15) is 0 Å². The molecule has 0 saturated carbocycles. The standard InChI is InChI=1S/C12H10BrF2NS2/c13-11-5-8(7-17-11)6-16-9-1-3-10(4-2-9)18-12(14)15/h1-5,7,12,16H,6H2. The summed E-state index contributed by atoms with van der Waals surface area (Å²) in [5.41, 5.74) is 2.12. The number of halogens is 3. The van der Waals surface area contributed by atoms with Crippen LogP contribution >= 0.6 is 39.0 Å². The van der Waals surface area contributed by atoms with Gasteiger partial charge in [-0.05, 0) is 57.2 Å². The molecule has 1 heterocycles. The predicted octanol–water partition coefficient (Wildman–Crippen LogP) is 5.44. The van der Waals surface area contributed by atoms with E-state index in [9.17, 15) is 8.78 Å².